The van der Waals surface area contributed by atoms with Crippen molar-refractivity contribution in [1.82, 2.24) is 5.32 Å². The molecule has 0 spiro atoms. The predicted molar refractivity (Wildman–Crippen MR) is 74.3 cm³/mol. The Labute approximate surface area is 112 Å². The number of methoxy groups -OCH3 is 1. The fourth-order valence-corrected chi connectivity index (χ4v) is 2.02. The molecule has 0 heterocycles. The fourth-order valence-electron chi connectivity index (χ4n) is 1.50. The van der Waals surface area contributed by atoms with Gasteiger partial charge in [0.1, 0.15) is 5.75 Å². The number of aliphatic hydroxyl groups excluding tert-OH is 1. The number of benzene rings is 1. The van der Waals surface area contributed by atoms with Gasteiger partial charge < -0.3 is 15.2 Å². The summed E-state index contributed by atoms with van der Waals surface area (Å²) in [5.41, 5.74) is 0.539. The smallest absolute Gasteiger partial charge is 0.251 e. The quantitative estimate of drug-likeness (QED) is 0.788. The Kier molecular flexibility index (Phi) is 6.60. The second-order valence-electron chi connectivity index (χ2n) is 3.87. The third-order valence-corrected chi connectivity index (χ3v) is 3.20. The number of amides is 1. The van der Waals surface area contributed by atoms with Crippen molar-refractivity contribution in [3.05, 3.63) is 29.8 Å². The average molecular weight is 269 g/mol. The highest BCUT2D eigenvalue weighted by atomic mass is 32.2. The number of carbonyl (C=O) groups excluding carboxylic acids is 1. The molecule has 0 aliphatic rings. The first-order valence-corrected chi connectivity index (χ1v) is 7.15. The molecule has 0 saturated carbocycles. The van der Waals surface area contributed by atoms with Crippen LogP contribution in [0.15, 0.2) is 24.3 Å². The summed E-state index contributed by atoms with van der Waals surface area (Å²) in [7, 11) is 1.56. The highest BCUT2D eigenvalue weighted by Gasteiger charge is 2.13. The van der Waals surface area contributed by atoms with Crippen LogP contribution in [0, 0.1) is 0 Å². The normalized spacial score (nSPS) is 11.9. The van der Waals surface area contributed by atoms with Gasteiger partial charge in [-0.15, -0.1) is 0 Å². The maximum absolute atomic E-state index is 12.0. The van der Waals surface area contributed by atoms with Crippen LogP contribution in [0.25, 0.3) is 0 Å². The minimum absolute atomic E-state index is 0.0454. The number of thioether (sulfide) groups is 1. The lowest BCUT2D eigenvalue weighted by molar-refractivity contribution is 0.0915. The van der Waals surface area contributed by atoms with Crippen LogP contribution in [-0.4, -0.2) is 42.8 Å². The molecule has 0 radical (unpaired) electrons. The summed E-state index contributed by atoms with van der Waals surface area (Å²) in [5, 5.41) is 12.0. The van der Waals surface area contributed by atoms with Crippen molar-refractivity contribution in [1.29, 1.82) is 0 Å². The second kappa shape index (κ2) is 8.00. The van der Waals surface area contributed by atoms with Crippen molar-refractivity contribution < 1.29 is 14.6 Å². The van der Waals surface area contributed by atoms with Gasteiger partial charge in [0.2, 0.25) is 0 Å². The van der Waals surface area contributed by atoms with Gasteiger partial charge in [-0.2, -0.15) is 11.8 Å². The molecule has 0 bridgehead atoms. The number of aliphatic hydroxyl groups is 1. The molecule has 100 valence electrons. The first kappa shape index (κ1) is 14.9. The molecule has 0 aliphatic carbocycles. The molecular weight excluding hydrogens is 250 g/mol. The van der Waals surface area contributed by atoms with Crippen LogP contribution in [0.5, 0.6) is 5.75 Å². The summed E-state index contributed by atoms with van der Waals surface area (Å²) < 4.78 is 5.07. The van der Waals surface area contributed by atoms with Crippen LogP contribution in [0.3, 0.4) is 0 Å². The molecule has 1 unspecified atom stereocenters. The molecule has 0 saturated heterocycles. The Morgan fingerprint density at radius 2 is 2.33 bits per heavy atom. The first-order chi connectivity index (χ1) is 8.71. The second-order valence-corrected chi connectivity index (χ2v) is 4.85. The number of hydrogen-bond donors (Lipinski definition) is 2. The van der Waals surface area contributed by atoms with E-state index in [4.69, 9.17) is 4.74 Å². The van der Waals surface area contributed by atoms with E-state index in [1.165, 1.54) is 0 Å². The number of hydrogen-bond acceptors (Lipinski definition) is 4. The first-order valence-electron chi connectivity index (χ1n) is 5.76. The van der Waals surface area contributed by atoms with Crippen LogP contribution in [-0.2, 0) is 0 Å². The standard InChI is InChI=1S/C13H19NO3S/c1-17-12-5-3-4-10(8-12)13(16)14-11(9-15)6-7-18-2/h3-5,8,11,15H,6-7,9H2,1-2H3,(H,14,16). The van der Waals surface area contributed by atoms with Gasteiger partial charge in [0.15, 0.2) is 0 Å². The summed E-state index contributed by atoms with van der Waals surface area (Å²) in [6.07, 6.45) is 2.76. The van der Waals surface area contributed by atoms with Crippen molar-refractivity contribution in [2.75, 3.05) is 25.7 Å². The van der Waals surface area contributed by atoms with Gasteiger partial charge in [0.05, 0.1) is 19.8 Å². The Morgan fingerprint density at radius 3 is 2.94 bits per heavy atom. The van der Waals surface area contributed by atoms with Gasteiger partial charge in [0.25, 0.3) is 5.91 Å². The van der Waals surface area contributed by atoms with E-state index in [9.17, 15) is 9.90 Å². The molecule has 0 aromatic heterocycles. The Balaban J connectivity index is 2.62. The summed E-state index contributed by atoms with van der Waals surface area (Å²) >= 11 is 1.69. The lowest BCUT2D eigenvalue weighted by Crippen LogP contribution is -2.37. The molecule has 1 rings (SSSR count). The van der Waals surface area contributed by atoms with Gasteiger partial charge >= 0.3 is 0 Å². The summed E-state index contributed by atoms with van der Waals surface area (Å²) in [6.45, 7) is -0.0454. The van der Waals surface area contributed by atoms with Crippen molar-refractivity contribution in [2.45, 2.75) is 12.5 Å². The zero-order chi connectivity index (χ0) is 13.4. The molecule has 4 nitrogen and oxygen atoms in total. The highest BCUT2D eigenvalue weighted by molar-refractivity contribution is 7.98. The number of ether oxygens (including phenoxy) is 1. The number of nitrogens with one attached hydrogen (secondary N) is 1. The average Bonchev–Trinajstić information content (AvgIpc) is 2.43. The van der Waals surface area contributed by atoms with Crippen LogP contribution < -0.4 is 10.1 Å². The molecule has 1 aromatic rings. The van der Waals surface area contributed by atoms with Crippen LogP contribution >= 0.6 is 11.8 Å². The van der Waals surface area contributed by atoms with Gasteiger partial charge in [-0.3, -0.25) is 4.79 Å². The van der Waals surface area contributed by atoms with Gasteiger partial charge in [0, 0.05) is 5.56 Å². The monoisotopic (exact) mass is 269 g/mol. The van der Waals surface area contributed by atoms with Crippen molar-refractivity contribution in [2.24, 2.45) is 0 Å². The van der Waals surface area contributed by atoms with Crippen LogP contribution in [0.1, 0.15) is 16.8 Å². The predicted octanol–water partition coefficient (Wildman–Crippen LogP) is 1.54. The zero-order valence-corrected chi connectivity index (χ0v) is 11.5. The zero-order valence-electron chi connectivity index (χ0n) is 10.7. The van der Waals surface area contributed by atoms with Gasteiger partial charge in [-0.05, 0) is 36.6 Å². The lowest BCUT2D eigenvalue weighted by atomic mass is 10.1. The topological polar surface area (TPSA) is 58.6 Å². The maximum atomic E-state index is 12.0. The minimum Gasteiger partial charge on any atom is -0.497 e. The molecule has 2 N–H and O–H groups in total. The summed E-state index contributed by atoms with van der Waals surface area (Å²) in [4.78, 5) is 12.0. The number of rotatable bonds is 7. The third-order valence-electron chi connectivity index (χ3n) is 2.56. The SMILES string of the molecule is COc1cccc(C(=O)NC(CO)CCSC)c1. The van der Waals surface area contributed by atoms with E-state index in [0.717, 1.165) is 12.2 Å². The Morgan fingerprint density at radius 1 is 1.56 bits per heavy atom. The van der Waals surface area contributed by atoms with E-state index < -0.39 is 0 Å². The molecular formula is C13H19NO3S. The Bertz CT molecular complexity index is 384. The number of carbonyl (C=O) groups is 1. The van der Waals surface area contributed by atoms with E-state index >= 15 is 0 Å². The minimum atomic E-state index is -0.198. The van der Waals surface area contributed by atoms with Gasteiger partial charge in [-0.25, -0.2) is 0 Å². The molecule has 18 heavy (non-hydrogen) atoms. The van der Waals surface area contributed by atoms with E-state index in [1.807, 2.05) is 6.26 Å². The van der Waals surface area contributed by atoms with E-state index in [-0.39, 0.29) is 18.6 Å². The maximum Gasteiger partial charge on any atom is 0.251 e. The third kappa shape index (κ3) is 4.58. The molecule has 5 heteroatoms. The lowest BCUT2D eigenvalue weighted by Gasteiger charge is -2.15. The molecule has 1 amide bonds. The van der Waals surface area contributed by atoms with E-state index in [2.05, 4.69) is 5.32 Å². The van der Waals surface area contributed by atoms with Crippen molar-refractivity contribution in [3.8, 4) is 5.75 Å². The van der Waals surface area contributed by atoms with Crippen molar-refractivity contribution in [3.63, 3.8) is 0 Å². The van der Waals surface area contributed by atoms with E-state index in [1.54, 1.807) is 43.1 Å². The van der Waals surface area contributed by atoms with Crippen molar-refractivity contribution >= 4 is 17.7 Å². The molecule has 1 atom stereocenters. The fraction of sp³-hybridized carbons (Fsp3) is 0.462. The van der Waals surface area contributed by atoms with Crippen LogP contribution in [0.4, 0.5) is 0 Å². The molecule has 1 aromatic carbocycles. The largest absolute Gasteiger partial charge is 0.497 e. The Hall–Kier alpha value is -1.20. The summed E-state index contributed by atoms with van der Waals surface area (Å²) in [5.74, 6) is 1.37. The molecule has 0 aliphatic heterocycles. The highest BCUT2D eigenvalue weighted by Crippen LogP contribution is 2.12. The van der Waals surface area contributed by atoms with Gasteiger partial charge in [-0.1, -0.05) is 6.07 Å². The summed E-state index contributed by atoms with van der Waals surface area (Å²) in [6, 6.07) is 6.76. The van der Waals surface area contributed by atoms with Crippen LogP contribution in [0.2, 0.25) is 0 Å². The van der Waals surface area contributed by atoms with E-state index in [0.29, 0.717) is 11.3 Å². The molecule has 0 fully saturated rings.